The molecule has 2 aliphatic heterocycles. The normalized spacial score (nSPS) is 21.1. The first-order chi connectivity index (χ1) is 9.91. The summed E-state index contributed by atoms with van der Waals surface area (Å²) < 4.78 is 0. The fraction of sp³-hybridized carbons (Fsp3) is 0.643. The smallest absolute Gasteiger partial charge is 0.331 e. The van der Waals surface area contributed by atoms with Crippen LogP contribution in [0.5, 0.6) is 0 Å². The minimum absolute atomic E-state index is 0.0300. The quantitative estimate of drug-likeness (QED) is 0.739. The molecule has 0 aromatic rings. The van der Waals surface area contributed by atoms with Crippen LogP contribution < -0.4 is 5.32 Å². The number of carboxylic acids is 1. The number of aliphatic carboxylic acids is 1. The summed E-state index contributed by atoms with van der Waals surface area (Å²) in [5, 5.41) is 11.7. The second-order valence-electron chi connectivity index (χ2n) is 5.50. The highest BCUT2D eigenvalue weighted by molar-refractivity contribution is 6.01. The molecule has 2 saturated heterocycles. The minimum Gasteiger partial charge on any atom is -0.478 e. The summed E-state index contributed by atoms with van der Waals surface area (Å²) in [6.07, 6.45) is 1.47. The highest BCUT2D eigenvalue weighted by Crippen LogP contribution is 2.20. The average Bonchev–Trinajstić information content (AvgIpc) is 2.91. The SMILES string of the molecule is CC(C(=O)O)=C(C)C(=O)N1CCC(N2CCNC2=O)CC1. The van der Waals surface area contributed by atoms with Crippen molar-refractivity contribution >= 4 is 17.9 Å². The monoisotopic (exact) mass is 295 g/mol. The summed E-state index contributed by atoms with van der Waals surface area (Å²) in [4.78, 5) is 38.3. The van der Waals surface area contributed by atoms with Crippen LogP contribution in [0.3, 0.4) is 0 Å². The van der Waals surface area contributed by atoms with Crippen molar-refractivity contribution in [2.75, 3.05) is 26.2 Å². The van der Waals surface area contributed by atoms with Crippen molar-refractivity contribution in [2.24, 2.45) is 0 Å². The molecule has 0 bridgehead atoms. The molecule has 2 aliphatic rings. The lowest BCUT2D eigenvalue weighted by Crippen LogP contribution is -2.48. The summed E-state index contributed by atoms with van der Waals surface area (Å²) in [6.45, 7) is 5.49. The number of piperidine rings is 1. The van der Waals surface area contributed by atoms with Crippen LogP contribution in [0.1, 0.15) is 26.7 Å². The maximum atomic E-state index is 12.2. The summed E-state index contributed by atoms with van der Waals surface area (Å²) in [5.74, 6) is -1.29. The first kappa shape index (κ1) is 15.3. The molecule has 7 nitrogen and oxygen atoms in total. The molecule has 2 N–H and O–H groups in total. The standard InChI is InChI=1S/C14H21N3O4/c1-9(10(2)13(19)20)12(18)16-6-3-11(4-7-16)17-8-5-15-14(17)21/h11H,3-8H2,1-2H3,(H,15,21)(H,19,20). The summed E-state index contributed by atoms with van der Waals surface area (Å²) in [7, 11) is 0. The molecule has 0 aliphatic carbocycles. The van der Waals surface area contributed by atoms with Crippen molar-refractivity contribution in [3.8, 4) is 0 Å². The second kappa shape index (κ2) is 6.15. The number of carbonyl (C=O) groups excluding carboxylic acids is 2. The van der Waals surface area contributed by atoms with Gasteiger partial charge in [-0.15, -0.1) is 0 Å². The van der Waals surface area contributed by atoms with Gasteiger partial charge in [0.2, 0.25) is 5.91 Å². The number of nitrogens with one attached hydrogen (secondary N) is 1. The number of likely N-dealkylation sites (tertiary alicyclic amines) is 1. The lowest BCUT2D eigenvalue weighted by molar-refractivity contribution is -0.134. The van der Waals surface area contributed by atoms with Gasteiger partial charge in [0.25, 0.3) is 0 Å². The van der Waals surface area contributed by atoms with E-state index in [2.05, 4.69) is 5.32 Å². The van der Waals surface area contributed by atoms with Crippen LogP contribution in [0.4, 0.5) is 4.79 Å². The van der Waals surface area contributed by atoms with Gasteiger partial charge >= 0.3 is 12.0 Å². The molecule has 0 radical (unpaired) electrons. The van der Waals surface area contributed by atoms with Crippen LogP contribution in [-0.2, 0) is 9.59 Å². The van der Waals surface area contributed by atoms with Gasteiger partial charge in [0.1, 0.15) is 0 Å². The number of hydrogen-bond acceptors (Lipinski definition) is 3. The predicted octanol–water partition coefficient (Wildman–Crippen LogP) is 0.424. The molecule has 2 heterocycles. The van der Waals surface area contributed by atoms with Crippen molar-refractivity contribution in [3.05, 3.63) is 11.1 Å². The molecule has 0 spiro atoms. The third kappa shape index (κ3) is 3.17. The molecule has 2 fully saturated rings. The molecule has 7 heteroatoms. The first-order valence-corrected chi connectivity index (χ1v) is 7.16. The lowest BCUT2D eigenvalue weighted by atomic mass is 10.0. The fourth-order valence-electron chi connectivity index (χ4n) is 2.77. The molecule has 116 valence electrons. The van der Waals surface area contributed by atoms with Gasteiger partial charge in [0, 0.05) is 43.4 Å². The molecule has 0 unspecified atom stereocenters. The molecule has 0 saturated carbocycles. The van der Waals surface area contributed by atoms with E-state index in [0.29, 0.717) is 26.2 Å². The largest absolute Gasteiger partial charge is 0.478 e. The van der Waals surface area contributed by atoms with Crippen LogP contribution in [0.2, 0.25) is 0 Å². The lowest BCUT2D eigenvalue weighted by Gasteiger charge is -2.36. The van der Waals surface area contributed by atoms with Crippen LogP contribution >= 0.6 is 0 Å². The molecule has 21 heavy (non-hydrogen) atoms. The molecular weight excluding hydrogens is 274 g/mol. The van der Waals surface area contributed by atoms with Gasteiger partial charge in [-0.25, -0.2) is 9.59 Å². The second-order valence-corrected chi connectivity index (χ2v) is 5.50. The van der Waals surface area contributed by atoms with E-state index in [9.17, 15) is 14.4 Å². The van der Waals surface area contributed by atoms with E-state index < -0.39 is 5.97 Å². The van der Waals surface area contributed by atoms with E-state index in [4.69, 9.17) is 5.11 Å². The van der Waals surface area contributed by atoms with E-state index in [1.54, 1.807) is 11.8 Å². The van der Waals surface area contributed by atoms with E-state index in [-0.39, 0.29) is 29.1 Å². The maximum absolute atomic E-state index is 12.2. The number of amides is 3. The Hall–Kier alpha value is -2.05. The zero-order chi connectivity index (χ0) is 15.6. The van der Waals surface area contributed by atoms with Crippen LogP contribution in [0.15, 0.2) is 11.1 Å². The maximum Gasteiger partial charge on any atom is 0.331 e. The van der Waals surface area contributed by atoms with Crippen LogP contribution in [0, 0.1) is 0 Å². The molecule has 3 amide bonds. The van der Waals surface area contributed by atoms with Crippen molar-refractivity contribution < 1.29 is 19.5 Å². The molecule has 0 aromatic heterocycles. The average molecular weight is 295 g/mol. The number of carbonyl (C=O) groups is 3. The highest BCUT2D eigenvalue weighted by atomic mass is 16.4. The zero-order valence-corrected chi connectivity index (χ0v) is 12.4. The Morgan fingerprint density at radius 1 is 1.14 bits per heavy atom. The van der Waals surface area contributed by atoms with Gasteiger partial charge in [0.15, 0.2) is 0 Å². The Balaban J connectivity index is 1.95. The van der Waals surface area contributed by atoms with E-state index in [0.717, 1.165) is 12.8 Å². The van der Waals surface area contributed by atoms with E-state index in [1.165, 1.54) is 6.92 Å². The molecule has 0 atom stereocenters. The van der Waals surface area contributed by atoms with Gasteiger partial charge < -0.3 is 20.2 Å². The zero-order valence-electron chi connectivity index (χ0n) is 12.4. The van der Waals surface area contributed by atoms with Crippen molar-refractivity contribution in [1.82, 2.24) is 15.1 Å². The third-order valence-corrected chi connectivity index (χ3v) is 4.29. The summed E-state index contributed by atoms with van der Waals surface area (Å²) >= 11 is 0. The van der Waals surface area contributed by atoms with Gasteiger partial charge in [-0.2, -0.15) is 0 Å². The van der Waals surface area contributed by atoms with Gasteiger partial charge in [-0.1, -0.05) is 0 Å². The number of urea groups is 1. The summed E-state index contributed by atoms with van der Waals surface area (Å²) in [5.41, 5.74) is 0.362. The Labute approximate surface area is 123 Å². The molecule has 0 aromatic carbocycles. The number of hydrogen-bond donors (Lipinski definition) is 2. The van der Waals surface area contributed by atoms with Crippen molar-refractivity contribution in [3.63, 3.8) is 0 Å². The number of carboxylic acid groups (broad SMARTS) is 1. The minimum atomic E-state index is -1.07. The van der Waals surface area contributed by atoms with Crippen LogP contribution in [-0.4, -0.2) is 65.0 Å². The number of nitrogens with zero attached hydrogens (tertiary/aromatic N) is 2. The van der Waals surface area contributed by atoms with Crippen molar-refractivity contribution in [1.29, 1.82) is 0 Å². The van der Waals surface area contributed by atoms with Gasteiger partial charge in [-0.3, -0.25) is 4.79 Å². The van der Waals surface area contributed by atoms with Crippen molar-refractivity contribution in [2.45, 2.75) is 32.7 Å². The topological polar surface area (TPSA) is 89.9 Å². The Bertz CT molecular complexity index is 492. The summed E-state index contributed by atoms with van der Waals surface area (Å²) in [6, 6.07) is 0.138. The number of rotatable bonds is 3. The third-order valence-electron chi connectivity index (χ3n) is 4.29. The van der Waals surface area contributed by atoms with Gasteiger partial charge in [0.05, 0.1) is 0 Å². The van der Waals surface area contributed by atoms with Gasteiger partial charge in [-0.05, 0) is 26.7 Å². The highest BCUT2D eigenvalue weighted by Gasteiger charge is 2.32. The molecular formula is C14H21N3O4. The van der Waals surface area contributed by atoms with E-state index >= 15 is 0 Å². The Kier molecular flexibility index (Phi) is 4.50. The van der Waals surface area contributed by atoms with E-state index in [1.807, 2.05) is 4.90 Å². The predicted molar refractivity (Wildman–Crippen MR) is 75.7 cm³/mol. The first-order valence-electron chi connectivity index (χ1n) is 7.16. The Morgan fingerprint density at radius 3 is 2.24 bits per heavy atom. The molecule has 2 rings (SSSR count). The fourth-order valence-corrected chi connectivity index (χ4v) is 2.77. The Morgan fingerprint density at radius 2 is 1.76 bits per heavy atom. The van der Waals surface area contributed by atoms with Crippen LogP contribution in [0.25, 0.3) is 0 Å².